The Balaban J connectivity index is 1.49. The first kappa shape index (κ1) is 19.1. The van der Waals surface area contributed by atoms with Crippen LogP contribution >= 0.6 is 0 Å². The molecule has 0 fully saturated rings. The molecule has 142 valence electrons. The lowest BCUT2D eigenvalue weighted by Crippen LogP contribution is -2.15. The number of pyridine rings is 1. The molecule has 0 aliphatic heterocycles. The zero-order valence-corrected chi connectivity index (χ0v) is 15.5. The fraction of sp³-hybridized carbons (Fsp3) is 0.136. The van der Waals surface area contributed by atoms with Crippen molar-refractivity contribution in [3.63, 3.8) is 0 Å². The van der Waals surface area contributed by atoms with E-state index in [0.717, 1.165) is 17.1 Å². The van der Waals surface area contributed by atoms with E-state index in [4.69, 9.17) is 4.74 Å². The third kappa shape index (κ3) is 5.67. The Kier molecular flexibility index (Phi) is 6.36. The molecule has 1 amide bonds. The molecule has 6 heteroatoms. The highest BCUT2D eigenvalue weighted by Crippen LogP contribution is 2.18. The van der Waals surface area contributed by atoms with Crippen molar-refractivity contribution in [3.8, 4) is 5.75 Å². The predicted octanol–water partition coefficient (Wildman–Crippen LogP) is 4.44. The SMILES string of the molecule is CC(=O)c1cccc(Nc2ccc(NC(=O)CCOc3ccccc3)nc2)c1. The Hall–Kier alpha value is -3.67. The second kappa shape index (κ2) is 9.32. The average Bonchev–Trinajstić information content (AvgIpc) is 2.70. The summed E-state index contributed by atoms with van der Waals surface area (Å²) in [6.45, 7) is 1.82. The van der Waals surface area contributed by atoms with Crippen LogP contribution < -0.4 is 15.4 Å². The van der Waals surface area contributed by atoms with Gasteiger partial charge >= 0.3 is 0 Å². The minimum absolute atomic E-state index is 0.0103. The van der Waals surface area contributed by atoms with E-state index in [1.54, 1.807) is 24.4 Å². The van der Waals surface area contributed by atoms with Crippen molar-refractivity contribution >= 4 is 28.9 Å². The van der Waals surface area contributed by atoms with Crippen LogP contribution in [0.1, 0.15) is 23.7 Å². The molecule has 0 saturated carbocycles. The Morgan fingerprint density at radius 1 is 0.964 bits per heavy atom. The van der Waals surface area contributed by atoms with Crippen LogP contribution in [-0.2, 0) is 4.79 Å². The molecule has 0 bridgehead atoms. The third-order valence-corrected chi connectivity index (χ3v) is 3.93. The van der Waals surface area contributed by atoms with Crippen molar-refractivity contribution in [2.45, 2.75) is 13.3 Å². The summed E-state index contributed by atoms with van der Waals surface area (Å²) in [6, 6.07) is 20.1. The van der Waals surface area contributed by atoms with Gasteiger partial charge in [-0.1, -0.05) is 30.3 Å². The maximum atomic E-state index is 12.0. The molecule has 2 aromatic carbocycles. The van der Waals surface area contributed by atoms with Crippen molar-refractivity contribution in [2.75, 3.05) is 17.2 Å². The van der Waals surface area contributed by atoms with Crippen LogP contribution in [0.3, 0.4) is 0 Å². The molecule has 0 saturated heterocycles. The first-order chi connectivity index (χ1) is 13.6. The Morgan fingerprint density at radius 3 is 2.50 bits per heavy atom. The molecule has 28 heavy (non-hydrogen) atoms. The van der Waals surface area contributed by atoms with Gasteiger partial charge in [-0.05, 0) is 43.3 Å². The van der Waals surface area contributed by atoms with E-state index in [0.29, 0.717) is 18.0 Å². The molecule has 3 aromatic rings. The molecular weight excluding hydrogens is 354 g/mol. The Morgan fingerprint density at radius 2 is 1.79 bits per heavy atom. The van der Waals surface area contributed by atoms with Gasteiger partial charge in [0.15, 0.2) is 5.78 Å². The highest BCUT2D eigenvalue weighted by Gasteiger charge is 2.05. The van der Waals surface area contributed by atoms with E-state index in [1.807, 2.05) is 48.5 Å². The summed E-state index contributed by atoms with van der Waals surface area (Å²) in [5.41, 5.74) is 2.19. The van der Waals surface area contributed by atoms with Crippen LogP contribution in [0, 0.1) is 0 Å². The Labute approximate surface area is 163 Å². The summed E-state index contributed by atoms with van der Waals surface area (Å²) >= 11 is 0. The summed E-state index contributed by atoms with van der Waals surface area (Å²) in [4.78, 5) is 27.7. The first-order valence-corrected chi connectivity index (χ1v) is 8.92. The van der Waals surface area contributed by atoms with Crippen LogP contribution in [0.25, 0.3) is 0 Å². The number of rotatable bonds is 8. The number of carbonyl (C=O) groups excluding carboxylic acids is 2. The number of anilines is 3. The average molecular weight is 375 g/mol. The summed E-state index contributed by atoms with van der Waals surface area (Å²) in [5.74, 6) is 1.04. The molecule has 6 nitrogen and oxygen atoms in total. The number of Topliss-reactive ketones (excluding diaryl/α,β-unsaturated/α-hetero) is 1. The van der Waals surface area contributed by atoms with E-state index in [1.165, 1.54) is 6.92 Å². The molecular formula is C22H21N3O3. The molecule has 0 radical (unpaired) electrons. The predicted molar refractivity (Wildman–Crippen MR) is 109 cm³/mol. The number of nitrogens with zero attached hydrogens (tertiary/aromatic N) is 1. The molecule has 0 spiro atoms. The molecule has 2 N–H and O–H groups in total. The number of ketones is 1. The fourth-order valence-electron chi connectivity index (χ4n) is 2.51. The number of para-hydroxylation sites is 1. The van der Waals surface area contributed by atoms with Crippen molar-refractivity contribution in [3.05, 3.63) is 78.5 Å². The number of ether oxygens (including phenoxy) is 1. The number of amides is 1. The minimum Gasteiger partial charge on any atom is -0.493 e. The number of aromatic nitrogens is 1. The summed E-state index contributed by atoms with van der Waals surface area (Å²) in [7, 11) is 0. The van der Waals surface area contributed by atoms with E-state index in [9.17, 15) is 9.59 Å². The van der Waals surface area contributed by atoms with E-state index >= 15 is 0 Å². The highest BCUT2D eigenvalue weighted by atomic mass is 16.5. The smallest absolute Gasteiger partial charge is 0.228 e. The second-order valence-corrected chi connectivity index (χ2v) is 6.15. The monoisotopic (exact) mass is 375 g/mol. The van der Waals surface area contributed by atoms with Gasteiger partial charge in [-0.2, -0.15) is 0 Å². The van der Waals surface area contributed by atoms with E-state index in [-0.39, 0.29) is 18.1 Å². The molecule has 1 aromatic heterocycles. The quantitative estimate of drug-likeness (QED) is 0.569. The van der Waals surface area contributed by atoms with Gasteiger partial charge < -0.3 is 15.4 Å². The summed E-state index contributed by atoms with van der Waals surface area (Å²) in [6.07, 6.45) is 1.85. The van der Waals surface area contributed by atoms with Crippen molar-refractivity contribution in [1.29, 1.82) is 0 Å². The molecule has 3 rings (SSSR count). The first-order valence-electron chi connectivity index (χ1n) is 8.92. The van der Waals surface area contributed by atoms with Crippen molar-refractivity contribution in [2.24, 2.45) is 0 Å². The van der Waals surface area contributed by atoms with Crippen molar-refractivity contribution < 1.29 is 14.3 Å². The lowest BCUT2D eigenvalue weighted by Gasteiger charge is -2.09. The van der Waals surface area contributed by atoms with Crippen LogP contribution in [0.4, 0.5) is 17.2 Å². The maximum absolute atomic E-state index is 12.0. The number of benzene rings is 2. The van der Waals surface area contributed by atoms with Gasteiger partial charge in [-0.25, -0.2) is 4.98 Å². The van der Waals surface area contributed by atoms with E-state index in [2.05, 4.69) is 15.6 Å². The number of carbonyl (C=O) groups is 2. The highest BCUT2D eigenvalue weighted by molar-refractivity contribution is 5.95. The zero-order valence-electron chi connectivity index (χ0n) is 15.5. The second-order valence-electron chi connectivity index (χ2n) is 6.15. The van der Waals surface area contributed by atoms with Gasteiger partial charge in [0.05, 0.1) is 24.9 Å². The van der Waals surface area contributed by atoms with Gasteiger partial charge in [0.25, 0.3) is 0 Å². The number of nitrogens with one attached hydrogen (secondary N) is 2. The third-order valence-electron chi connectivity index (χ3n) is 3.93. The van der Waals surface area contributed by atoms with Crippen LogP contribution in [0.2, 0.25) is 0 Å². The van der Waals surface area contributed by atoms with Gasteiger partial charge in [-0.15, -0.1) is 0 Å². The molecule has 0 unspecified atom stereocenters. The van der Waals surface area contributed by atoms with Crippen LogP contribution in [0.15, 0.2) is 72.9 Å². The Bertz CT molecular complexity index is 941. The topological polar surface area (TPSA) is 80.3 Å². The largest absolute Gasteiger partial charge is 0.493 e. The van der Waals surface area contributed by atoms with Crippen LogP contribution in [-0.4, -0.2) is 23.3 Å². The fourth-order valence-corrected chi connectivity index (χ4v) is 2.51. The van der Waals surface area contributed by atoms with Gasteiger partial charge in [0, 0.05) is 11.3 Å². The summed E-state index contributed by atoms with van der Waals surface area (Å²) in [5, 5.41) is 5.93. The van der Waals surface area contributed by atoms with Crippen LogP contribution in [0.5, 0.6) is 5.75 Å². The van der Waals surface area contributed by atoms with Crippen molar-refractivity contribution in [1.82, 2.24) is 4.98 Å². The van der Waals surface area contributed by atoms with E-state index < -0.39 is 0 Å². The normalized spacial score (nSPS) is 10.2. The molecule has 0 aliphatic carbocycles. The molecule has 0 atom stereocenters. The summed E-state index contributed by atoms with van der Waals surface area (Å²) < 4.78 is 5.51. The number of hydrogen-bond donors (Lipinski definition) is 2. The zero-order chi connectivity index (χ0) is 19.8. The maximum Gasteiger partial charge on any atom is 0.228 e. The van der Waals surface area contributed by atoms with Gasteiger partial charge in [0.1, 0.15) is 11.6 Å². The lowest BCUT2D eigenvalue weighted by atomic mass is 10.1. The minimum atomic E-state index is -0.168. The molecule has 0 aliphatic rings. The number of hydrogen-bond acceptors (Lipinski definition) is 5. The van der Waals surface area contributed by atoms with Gasteiger partial charge in [-0.3, -0.25) is 9.59 Å². The standard InChI is InChI=1S/C22H21N3O3/c1-16(26)17-6-5-7-18(14-17)24-19-10-11-21(23-15-19)25-22(27)12-13-28-20-8-3-2-4-9-20/h2-11,14-15,24H,12-13H2,1H3,(H,23,25,27). The lowest BCUT2D eigenvalue weighted by molar-refractivity contribution is -0.116. The molecule has 1 heterocycles. The van der Waals surface area contributed by atoms with Gasteiger partial charge in [0.2, 0.25) is 5.91 Å².